The van der Waals surface area contributed by atoms with Gasteiger partial charge in [-0.15, -0.1) is 0 Å². The van der Waals surface area contributed by atoms with E-state index >= 15 is 0 Å². The highest BCUT2D eigenvalue weighted by molar-refractivity contribution is 5.81. The van der Waals surface area contributed by atoms with Gasteiger partial charge in [-0.3, -0.25) is 9.59 Å². The van der Waals surface area contributed by atoms with Gasteiger partial charge in [0.2, 0.25) is 5.91 Å². The number of carboxylic acids is 1. The summed E-state index contributed by atoms with van der Waals surface area (Å²) in [6, 6.07) is -0.544. The van der Waals surface area contributed by atoms with E-state index in [1.54, 1.807) is 6.92 Å². The molecule has 0 fully saturated rings. The lowest BCUT2D eigenvalue weighted by Gasteiger charge is -2.14. The summed E-state index contributed by atoms with van der Waals surface area (Å²) in [4.78, 5) is 21.5. The molecule has 14 heavy (non-hydrogen) atoms. The van der Waals surface area contributed by atoms with Crippen molar-refractivity contribution in [2.75, 3.05) is 6.54 Å². The van der Waals surface area contributed by atoms with Crippen LogP contribution in [0.15, 0.2) is 0 Å². The van der Waals surface area contributed by atoms with Crippen LogP contribution in [0, 0.1) is 5.92 Å². The SMILES string of the molecule is CCC(CNC(=O)[C@@H](C)N)CC(=O)O. The van der Waals surface area contributed by atoms with Crippen LogP contribution in [0.2, 0.25) is 0 Å². The Kier molecular flexibility index (Phi) is 5.87. The largest absolute Gasteiger partial charge is 0.481 e. The number of rotatable bonds is 6. The quantitative estimate of drug-likeness (QED) is 0.563. The van der Waals surface area contributed by atoms with Gasteiger partial charge in [0.1, 0.15) is 0 Å². The molecule has 0 aliphatic heterocycles. The van der Waals surface area contributed by atoms with Gasteiger partial charge in [-0.25, -0.2) is 0 Å². The van der Waals surface area contributed by atoms with Gasteiger partial charge in [0.25, 0.3) is 0 Å². The Hall–Kier alpha value is -1.10. The maximum absolute atomic E-state index is 11.1. The molecular formula is C9H18N2O3. The standard InChI is InChI=1S/C9H18N2O3/c1-3-7(4-8(12)13)5-11-9(14)6(2)10/h6-7H,3-5,10H2,1-2H3,(H,11,14)(H,12,13)/t6-,7?/m1/s1. The second-order valence-electron chi connectivity index (χ2n) is 3.41. The van der Waals surface area contributed by atoms with Gasteiger partial charge in [-0.05, 0) is 12.8 Å². The van der Waals surface area contributed by atoms with Crippen molar-refractivity contribution in [3.05, 3.63) is 0 Å². The molecule has 4 N–H and O–H groups in total. The van der Waals surface area contributed by atoms with Crippen molar-refractivity contribution in [3.8, 4) is 0 Å². The third kappa shape index (κ3) is 5.53. The van der Waals surface area contributed by atoms with E-state index in [2.05, 4.69) is 5.32 Å². The van der Waals surface area contributed by atoms with Crippen molar-refractivity contribution >= 4 is 11.9 Å². The zero-order chi connectivity index (χ0) is 11.1. The summed E-state index contributed by atoms with van der Waals surface area (Å²) in [7, 11) is 0. The van der Waals surface area contributed by atoms with Gasteiger partial charge in [0, 0.05) is 13.0 Å². The minimum Gasteiger partial charge on any atom is -0.481 e. The van der Waals surface area contributed by atoms with E-state index in [9.17, 15) is 9.59 Å². The molecular weight excluding hydrogens is 184 g/mol. The number of aliphatic carboxylic acids is 1. The van der Waals surface area contributed by atoms with Gasteiger partial charge in [0.15, 0.2) is 0 Å². The lowest BCUT2D eigenvalue weighted by atomic mass is 10.0. The van der Waals surface area contributed by atoms with E-state index in [4.69, 9.17) is 10.8 Å². The Morgan fingerprint density at radius 2 is 2.07 bits per heavy atom. The molecule has 0 aliphatic rings. The minimum atomic E-state index is -0.841. The first-order valence-electron chi connectivity index (χ1n) is 4.72. The van der Waals surface area contributed by atoms with Gasteiger partial charge >= 0.3 is 5.97 Å². The van der Waals surface area contributed by atoms with Crippen molar-refractivity contribution in [1.29, 1.82) is 0 Å². The van der Waals surface area contributed by atoms with Gasteiger partial charge in [-0.2, -0.15) is 0 Å². The van der Waals surface area contributed by atoms with Crippen molar-refractivity contribution < 1.29 is 14.7 Å². The number of amides is 1. The number of hydrogen-bond donors (Lipinski definition) is 3. The van der Waals surface area contributed by atoms with Crippen LogP contribution in [0.4, 0.5) is 0 Å². The zero-order valence-electron chi connectivity index (χ0n) is 8.62. The molecule has 82 valence electrons. The maximum atomic E-state index is 11.1. The summed E-state index contributed by atoms with van der Waals surface area (Å²) >= 11 is 0. The van der Waals surface area contributed by atoms with Crippen LogP contribution in [-0.2, 0) is 9.59 Å². The monoisotopic (exact) mass is 202 g/mol. The predicted octanol–water partition coefficient (Wildman–Crippen LogP) is -0.0493. The molecule has 0 spiro atoms. The maximum Gasteiger partial charge on any atom is 0.303 e. The molecule has 0 saturated carbocycles. The van der Waals surface area contributed by atoms with Crippen LogP contribution in [0.1, 0.15) is 26.7 Å². The number of nitrogens with one attached hydrogen (secondary N) is 1. The normalized spacial score (nSPS) is 14.5. The van der Waals surface area contributed by atoms with Crippen LogP contribution in [0.25, 0.3) is 0 Å². The molecule has 0 rings (SSSR count). The lowest BCUT2D eigenvalue weighted by Crippen LogP contribution is -2.40. The third-order valence-corrected chi connectivity index (χ3v) is 2.02. The first-order valence-corrected chi connectivity index (χ1v) is 4.72. The van der Waals surface area contributed by atoms with Crippen LogP contribution in [-0.4, -0.2) is 29.6 Å². The molecule has 0 aromatic heterocycles. The fourth-order valence-corrected chi connectivity index (χ4v) is 1.01. The van der Waals surface area contributed by atoms with Gasteiger partial charge < -0.3 is 16.2 Å². The van der Waals surface area contributed by atoms with Gasteiger partial charge in [0.05, 0.1) is 6.04 Å². The number of hydrogen-bond acceptors (Lipinski definition) is 3. The smallest absolute Gasteiger partial charge is 0.303 e. The molecule has 0 heterocycles. The van der Waals surface area contributed by atoms with E-state index in [0.29, 0.717) is 6.54 Å². The van der Waals surface area contributed by atoms with Crippen molar-refractivity contribution in [2.45, 2.75) is 32.7 Å². The topological polar surface area (TPSA) is 92.4 Å². The summed E-state index contributed by atoms with van der Waals surface area (Å²) in [6.45, 7) is 3.86. The molecule has 1 amide bonds. The van der Waals surface area contributed by atoms with E-state index in [1.807, 2.05) is 6.92 Å². The zero-order valence-corrected chi connectivity index (χ0v) is 8.62. The molecule has 5 nitrogen and oxygen atoms in total. The van der Waals surface area contributed by atoms with Gasteiger partial charge in [-0.1, -0.05) is 13.3 Å². The Balaban J connectivity index is 3.83. The van der Waals surface area contributed by atoms with Crippen LogP contribution in [0.3, 0.4) is 0 Å². The van der Waals surface area contributed by atoms with E-state index in [1.165, 1.54) is 0 Å². The van der Waals surface area contributed by atoms with Crippen molar-refractivity contribution in [2.24, 2.45) is 11.7 Å². The molecule has 0 bridgehead atoms. The fraction of sp³-hybridized carbons (Fsp3) is 0.778. The first-order chi connectivity index (χ1) is 6.47. The van der Waals surface area contributed by atoms with E-state index in [-0.39, 0.29) is 18.2 Å². The molecule has 5 heteroatoms. The fourth-order valence-electron chi connectivity index (χ4n) is 1.01. The minimum absolute atomic E-state index is 0.0183. The highest BCUT2D eigenvalue weighted by Crippen LogP contribution is 2.06. The molecule has 0 saturated heterocycles. The van der Waals surface area contributed by atoms with Crippen molar-refractivity contribution in [3.63, 3.8) is 0 Å². The highest BCUT2D eigenvalue weighted by atomic mass is 16.4. The third-order valence-electron chi connectivity index (χ3n) is 2.02. The summed E-state index contributed by atoms with van der Waals surface area (Å²) < 4.78 is 0. The van der Waals surface area contributed by atoms with Crippen LogP contribution >= 0.6 is 0 Å². The Bertz CT molecular complexity index is 204. The van der Waals surface area contributed by atoms with Crippen molar-refractivity contribution in [1.82, 2.24) is 5.32 Å². The summed E-state index contributed by atoms with van der Waals surface area (Å²) in [5, 5.41) is 11.2. The Morgan fingerprint density at radius 1 is 1.50 bits per heavy atom. The number of carbonyl (C=O) groups is 2. The Morgan fingerprint density at radius 3 is 2.43 bits per heavy atom. The summed E-state index contributed by atoms with van der Waals surface area (Å²) in [6.07, 6.45) is 0.807. The van der Waals surface area contributed by atoms with Crippen LogP contribution in [0.5, 0.6) is 0 Å². The molecule has 0 aromatic rings. The van der Waals surface area contributed by atoms with Crippen LogP contribution < -0.4 is 11.1 Å². The second kappa shape index (κ2) is 6.37. The first kappa shape index (κ1) is 12.9. The average molecular weight is 202 g/mol. The molecule has 0 aromatic carbocycles. The van der Waals surface area contributed by atoms with E-state index in [0.717, 1.165) is 6.42 Å². The lowest BCUT2D eigenvalue weighted by molar-refractivity contribution is -0.138. The molecule has 2 atom stereocenters. The number of nitrogens with two attached hydrogens (primary N) is 1. The average Bonchev–Trinajstić information content (AvgIpc) is 2.10. The second-order valence-corrected chi connectivity index (χ2v) is 3.41. The Labute approximate surface area is 83.7 Å². The predicted molar refractivity (Wildman–Crippen MR) is 52.7 cm³/mol. The number of carbonyl (C=O) groups excluding carboxylic acids is 1. The summed E-state index contributed by atoms with van der Waals surface area (Å²) in [5.41, 5.74) is 5.34. The highest BCUT2D eigenvalue weighted by Gasteiger charge is 2.13. The summed E-state index contributed by atoms with van der Waals surface area (Å²) in [5.74, 6) is -1.10. The molecule has 0 radical (unpaired) electrons. The molecule has 0 aliphatic carbocycles. The molecule has 1 unspecified atom stereocenters. The number of carboxylic acid groups (broad SMARTS) is 1. The van der Waals surface area contributed by atoms with E-state index < -0.39 is 12.0 Å².